The molecule has 0 radical (unpaired) electrons. The van der Waals surface area contributed by atoms with E-state index in [1.54, 1.807) is 15.4 Å². The molecule has 7 nitrogen and oxygen atoms in total. The average molecular weight is 412 g/mol. The Labute approximate surface area is 173 Å². The van der Waals surface area contributed by atoms with Crippen LogP contribution in [0.3, 0.4) is 0 Å². The number of aryl methyl sites for hydroxylation is 1. The summed E-state index contributed by atoms with van der Waals surface area (Å²) >= 11 is 1.52. The molecular formula is C21H25N5O2S. The summed E-state index contributed by atoms with van der Waals surface area (Å²) in [5.41, 5.74) is 2.46. The number of fused-ring (bicyclic) bond motifs is 2. The van der Waals surface area contributed by atoms with E-state index < -0.39 is 0 Å². The minimum absolute atomic E-state index is 0.0681. The van der Waals surface area contributed by atoms with Gasteiger partial charge < -0.3 is 5.32 Å². The van der Waals surface area contributed by atoms with Crippen LogP contribution in [0.5, 0.6) is 0 Å². The lowest BCUT2D eigenvalue weighted by Crippen LogP contribution is -2.31. The summed E-state index contributed by atoms with van der Waals surface area (Å²) in [6, 6.07) is 7.87. The van der Waals surface area contributed by atoms with Crippen molar-refractivity contribution in [2.24, 2.45) is 0 Å². The number of nitrogens with one attached hydrogen (secondary N) is 1. The van der Waals surface area contributed by atoms with Gasteiger partial charge in [-0.05, 0) is 33.3 Å². The molecule has 1 amide bonds. The number of thioether (sulfide) groups is 1. The highest BCUT2D eigenvalue weighted by molar-refractivity contribution is 7.99. The van der Waals surface area contributed by atoms with Crippen molar-refractivity contribution in [3.63, 3.8) is 0 Å². The van der Waals surface area contributed by atoms with Gasteiger partial charge in [-0.25, -0.2) is 9.67 Å². The molecule has 0 saturated heterocycles. The predicted molar refractivity (Wildman–Crippen MR) is 114 cm³/mol. The molecule has 1 N–H and O–H groups in total. The van der Waals surface area contributed by atoms with Gasteiger partial charge in [0.1, 0.15) is 5.39 Å². The summed E-state index contributed by atoms with van der Waals surface area (Å²) in [6.45, 7) is 8.60. The van der Waals surface area contributed by atoms with E-state index in [1.807, 2.05) is 52.0 Å². The first-order valence-corrected chi connectivity index (χ1v) is 10.7. The van der Waals surface area contributed by atoms with E-state index >= 15 is 0 Å². The molecule has 8 heteroatoms. The third kappa shape index (κ3) is 3.81. The lowest BCUT2D eigenvalue weighted by molar-refractivity contribution is -0.121. The second-order valence-corrected chi connectivity index (χ2v) is 9.45. The van der Waals surface area contributed by atoms with Gasteiger partial charge in [0.05, 0.1) is 17.8 Å². The van der Waals surface area contributed by atoms with E-state index in [1.165, 1.54) is 17.3 Å². The number of amides is 1. The molecule has 3 heterocycles. The Morgan fingerprint density at radius 3 is 2.69 bits per heavy atom. The van der Waals surface area contributed by atoms with Crippen molar-refractivity contribution >= 4 is 28.7 Å². The predicted octanol–water partition coefficient (Wildman–Crippen LogP) is 3.01. The molecule has 4 rings (SSSR count). The van der Waals surface area contributed by atoms with Crippen molar-refractivity contribution in [1.29, 1.82) is 0 Å². The first kappa shape index (κ1) is 19.7. The van der Waals surface area contributed by atoms with Crippen LogP contribution in [0, 0.1) is 6.92 Å². The van der Waals surface area contributed by atoms with E-state index in [0.717, 1.165) is 5.56 Å². The number of carbonyl (C=O) groups excluding carboxylic acids is 1. The fourth-order valence-corrected chi connectivity index (χ4v) is 4.59. The molecule has 1 aliphatic rings. The quantitative estimate of drug-likeness (QED) is 0.668. The molecule has 152 valence electrons. The molecule has 1 unspecified atom stereocenters. The van der Waals surface area contributed by atoms with E-state index in [-0.39, 0.29) is 29.5 Å². The van der Waals surface area contributed by atoms with Crippen LogP contribution in [0.1, 0.15) is 44.4 Å². The van der Waals surface area contributed by atoms with Gasteiger partial charge in [-0.3, -0.25) is 14.2 Å². The highest BCUT2D eigenvalue weighted by Crippen LogP contribution is 2.33. The molecule has 29 heavy (non-hydrogen) atoms. The second kappa shape index (κ2) is 7.33. The Hall–Kier alpha value is -2.61. The number of aromatic nitrogens is 4. The molecule has 1 atom stereocenters. The van der Waals surface area contributed by atoms with E-state index in [2.05, 4.69) is 10.4 Å². The van der Waals surface area contributed by atoms with Crippen molar-refractivity contribution in [2.75, 3.05) is 5.75 Å². The van der Waals surface area contributed by atoms with Gasteiger partial charge in [0.2, 0.25) is 5.91 Å². The molecule has 0 spiro atoms. The Morgan fingerprint density at radius 2 is 2.00 bits per heavy atom. The fourth-order valence-electron chi connectivity index (χ4n) is 3.46. The van der Waals surface area contributed by atoms with Crippen LogP contribution < -0.4 is 10.9 Å². The maximum atomic E-state index is 13.1. The minimum Gasteiger partial charge on any atom is -0.352 e. The van der Waals surface area contributed by atoms with Crippen molar-refractivity contribution in [2.45, 2.75) is 57.4 Å². The molecule has 1 aromatic carbocycles. The second-order valence-electron chi connectivity index (χ2n) is 8.47. The van der Waals surface area contributed by atoms with Crippen molar-refractivity contribution in [3.8, 4) is 0 Å². The van der Waals surface area contributed by atoms with E-state index in [0.29, 0.717) is 28.5 Å². The number of nitrogens with zero attached hydrogens (tertiary/aromatic N) is 4. The summed E-state index contributed by atoms with van der Waals surface area (Å²) < 4.78 is 3.44. The number of hydrogen-bond donors (Lipinski definition) is 1. The third-order valence-corrected chi connectivity index (χ3v) is 6.13. The summed E-state index contributed by atoms with van der Waals surface area (Å²) in [5, 5.41) is 8.49. The largest absolute Gasteiger partial charge is 0.352 e. The smallest absolute Gasteiger partial charge is 0.265 e. The van der Waals surface area contributed by atoms with Crippen molar-refractivity contribution in [3.05, 3.63) is 51.9 Å². The summed E-state index contributed by atoms with van der Waals surface area (Å²) in [6.07, 6.45) is 1.84. The Balaban J connectivity index is 1.53. The third-order valence-electron chi connectivity index (χ3n) is 5.04. The monoisotopic (exact) mass is 411 g/mol. The van der Waals surface area contributed by atoms with Gasteiger partial charge >= 0.3 is 0 Å². The van der Waals surface area contributed by atoms with Gasteiger partial charge in [0, 0.05) is 18.7 Å². The summed E-state index contributed by atoms with van der Waals surface area (Å²) in [5.74, 6) is 0.594. The molecule has 3 aromatic rings. The van der Waals surface area contributed by atoms with Crippen LogP contribution >= 0.6 is 11.8 Å². The molecular weight excluding hydrogens is 386 g/mol. The molecule has 1 aliphatic heterocycles. The van der Waals surface area contributed by atoms with Gasteiger partial charge in [0.15, 0.2) is 10.8 Å². The van der Waals surface area contributed by atoms with Crippen molar-refractivity contribution < 1.29 is 4.79 Å². The Morgan fingerprint density at radius 1 is 1.28 bits per heavy atom. The molecule has 2 aromatic heterocycles. The molecule has 0 fully saturated rings. The molecule has 0 saturated carbocycles. The van der Waals surface area contributed by atoms with Crippen LogP contribution in [0.15, 0.2) is 40.4 Å². The zero-order chi connectivity index (χ0) is 20.8. The van der Waals surface area contributed by atoms with E-state index in [4.69, 9.17) is 4.98 Å². The fraction of sp³-hybridized carbons (Fsp3) is 0.429. The zero-order valence-corrected chi connectivity index (χ0v) is 17.9. The summed E-state index contributed by atoms with van der Waals surface area (Å²) in [7, 11) is 0. The highest BCUT2D eigenvalue weighted by atomic mass is 32.2. The number of hydrogen-bond acceptors (Lipinski definition) is 5. The first-order valence-electron chi connectivity index (χ1n) is 9.70. The maximum Gasteiger partial charge on any atom is 0.265 e. The summed E-state index contributed by atoms with van der Waals surface area (Å²) in [4.78, 5) is 30.3. The molecule has 0 aliphatic carbocycles. The van der Waals surface area contributed by atoms with E-state index in [9.17, 15) is 9.59 Å². The lowest BCUT2D eigenvalue weighted by atomic mass is 10.1. The topological polar surface area (TPSA) is 81.8 Å². The lowest BCUT2D eigenvalue weighted by Gasteiger charge is -2.20. The number of benzene rings is 1. The highest BCUT2D eigenvalue weighted by Gasteiger charge is 2.30. The van der Waals surface area contributed by atoms with Crippen LogP contribution in [0.2, 0.25) is 0 Å². The Kier molecular flexibility index (Phi) is 4.98. The zero-order valence-electron chi connectivity index (χ0n) is 17.1. The minimum atomic E-state index is -0.265. The van der Waals surface area contributed by atoms with Gasteiger partial charge in [-0.2, -0.15) is 5.10 Å². The van der Waals surface area contributed by atoms with Crippen LogP contribution in [0.25, 0.3) is 11.0 Å². The number of rotatable bonds is 4. The standard InChI is InChI=1S/C21H25N5O2S/c1-13-5-7-14(8-6-13)10-22-17(27)9-15-12-29-20-24-18-16(19(28)25(15)20)11-23-26(18)21(2,3)4/h5-8,11,15H,9-10,12H2,1-4H3,(H,22,27). The van der Waals surface area contributed by atoms with Gasteiger partial charge in [-0.15, -0.1) is 0 Å². The number of carbonyl (C=O) groups is 1. The molecule has 0 bridgehead atoms. The average Bonchev–Trinajstić information content (AvgIpc) is 3.26. The van der Waals surface area contributed by atoms with Crippen molar-refractivity contribution in [1.82, 2.24) is 24.6 Å². The maximum absolute atomic E-state index is 13.1. The Bertz CT molecular complexity index is 1120. The van der Waals surface area contributed by atoms with Crippen LogP contribution in [-0.2, 0) is 16.9 Å². The van der Waals surface area contributed by atoms with Gasteiger partial charge in [0.25, 0.3) is 5.56 Å². The SMILES string of the molecule is Cc1ccc(CNC(=O)CC2CSc3nc4c(cnn4C(C)(C)C)c(=O)n32)cc1. The van der Waals surface area contributed by atoms with Gasteiger partial charge in [-0.1, -0.05) is 41.6 Å². The normalized spacial score (nSPS) is 16.2. The van der Waals surface area contributed by atoms with Crippen LogP contribution in [-0.4, -0.2) is 31.0 Å². The van der Waals surface area contributed by atoms with Crippen LogP contribution in [0.4, 0.5) is 0 Å². The first-order chi connectivity index (χ1) is 13.7.